The van der Waals surface area contributed by atoms with Crippen molar-refractivity contribution in [3.05, 3.63) is 35.3 Å². The molecule has 1 saturated carbocycles. The Morgan fingerprint density at radius 2 is 2.10 bits per heavy atom. The highest BCUT2D eigenvalue weighted by Crippen LogP contribution is 2.48. The second-order valence-corrected chi connectivity index (χ2v) is 8.07. The average molecular weight is 457 g/mol. The monoisotopic (exact) mass is 456 g/mol. The Labute approximate surface area is 173 Å². The molecule has 1 aliphatic carbocycles. The molecule has 3 aromatic heterocycles. The van der Waals surface area contributed by atoms with E-state index < -0.39 is 6.04 Å². The van der Waals surface area contributed by atoms with E-state index in [1.807, 2.05) is 0 Å². The number of carbonyl (C=O) groups is 2. The second kappa shape index (κ2) is 6.76. The molecule has 11 heteroatoms. The Hall–Kier alpha value is -3.08. The minimum absolute atomic E-state index is 0.0368. The summed E-state index contributed by atoms with van der Waals surface area (Å²) in [5.74, 6) is 0.578. The first-order chi connectivity index (χ1) is 14.0. The van der Waals surface area contributed by atoms with E-state index in [1.54, 1.807) is 27.7 Å². The molecule has 5 rings (SSSR count). The van der Waals surface area contributed by atoms with E-state index in [0.29, 0.717) is 33.9 Å². The van der Waals surface area contributed by atoms with Gasteiger partial charge < -0.3 is 20.5 Å². The van der Waals surface area contributed by atoms with Gasteiger partial charge in [-0.25, -0.2) is 15.0 Å². The molecule has 1 aliphatic heterocycles. The predicted molar refractivity (Wildman–Crippen MR) is 107 cm³/mol. The number of pyridine rings is 1. The summed E-state index contributed by atoms with van der Waals surface area (Å²) in [5, 5.41) is 2.82. The molecule has 3 aromatic rings. The van der Waals surface area contributed by atoms with Gasteiger partial charge in [0, 0.05) is 6.04 Å². The number of fused-ring (bicyclic) bond motifs is 2. The van der Waals surface area contributed by atoms with E-state index in [-0.39, 0.29) is 30.3 Å². The second-order valence-electron chi connectivity index (χ2n) is 7.26. The lowest BCUT2D eigenvalue weighted by molar-refractivity contribution is -0.138. The molecule has 4 heterocycles. The fourth-order valence-corrected chi connectivity index (χ4v) is 4.29. The van der Waals surface area contributed by atoms with Gasteiger partial charge in [-0.2, -0.15) is 4.98 Å². The van der Waals surface area contributed by atoms with E-state index >= 15 is 0 Å². The highest BCUT2D eigenvalue weighted by atomic mass is 79.9. The quantitative estimate of drug-likeness (QED) is 0.563. The van der Waals surface area contributed by atoms with Gasteiger partial charge in [0.1, 0.15) is 28.5 Å². The number of nitrogens with zero attached hydrogens (tertiary/aromatic N) is 6. The number of hydrogen-bond acceptors (Lipinski definition) is 7. The third-order valence-electron chi connectivity index (χ3n) is 5.34. The summed E-state index contributed by atoms with van der Waals surface area (Å²) >= 11 is 3.29. The van der Waals surface area contributed by atoms with Crippen LogP contribution in [-0.2, 0) is 16.1 Å². The first-order valence-electron chi connectivity index (χ1n) is 9.17. The fraction of sp³-hybridized carbons (Fsp3) is 0.333. The van der Waals surface area contributed by atoms with E-state index in [2.05, 4.69) is 41.2 Å². The van der Waals surface area contributed by atoms with Gasteiger partial charge in [-0.1, -0.05) is 6.07 Å². The number of aromatic nitrogens is 5. The number of nitrogen functional groups attached to an aromatic ring is 1. The van der Waals surface area contributed by atoms with E-state index in [4.69, 9.17) is 5.73 Å². The molecule has 29 heavy (non-hydrogen) atoms. The maximum atomic E-state index is 13.1. The maximum Gasteiger partial charge on any atom is 0.248 e. The zero-order chi connectivity index (χ0) is 20.1. The molecule has 0 bridgehead atoms. The Kier molecular flexibility index (Phi) is 4.19. The van der Waals surface area contributed by atoms with Crippen molar-refractivity contribution in [3.8, 4) is 0 Å². The lowest BCUT2D eigenvalue weighted by Gasteiger charge is -2.27. The predicted octanol–water partition coefficient (Wildman–Crippen LogP) is 1.19. The molecule has 0 radical (unpaired) electrons. The molecule has 0 aromatic carbocycles. The summed E-state index contributed by atoms with van der Waals surface area (Å²) in [6.07, 6.45) is 4.66. The summed E-state index contributed by atoms with van der Waals surface area (Å²) in [4.78, 5) is 44.2. The van der Waals surface area contributed by atoms with Crippen molar-refractivity contribution in [2.45, 2.75) is 31.5 Å². The highest BCUT2D eigenvalue weighted by molar-refractivity contribution is 9.10. The topological polar surface area (TPSA) is 132 Å². The van der Waals surface area contributed by atoms with Crippen LogP contribution in [0.2, 0.25) is 0 Å². The standard InChI is InChI=1S/C18H17BrN8O2/c19-13-2-1-3-14(23-13)24-17(29)12-5-9-4-11(9)27(12)15(28)7-26-8-22-10-6-21-18(20)25-16(10)26/h1-3,6,8-9,11-12H,4-5,7H2,(H2,20,21,25)(H,23,24,29)/t9?,11-,12+/m1/s1. The number of likely N-dealkylation sites (tertiary alicyclic amines) is 1. The molecule has 2 amide bonds. The Morgan fingerprint density at radius 3 is 2.93 bits per heavy atom. The zero-order valence-corrected chi connectivity index (χ0v) is 16.8. The number of halogens is 1. The van der Waals surface area contributed by atoms with Crippen molar-refractivity contribution in [1.29, 1.82) is 0 Å². The largest absolute Gasteiger partial charge is 0.368 e. The summed E-state index contributed by atoms with van der Waals surface area (Å²) in [7, 11) is 0. The first kappa shape index (κ1) is 18.0. The maximum absolute atomic E-state index is 13.1. The Balaban J connectivity index is 1.35. The van der Waals surface area contributed by atoms with Gasteiger partial charge in [-0.3, -0.25) is 9.59 Å². The van der Waals surface area contributed by atoms with Crippen molar-refractivity contribution < 1.29 is 9.59 Å². The fourth-order valence-electron chi connectivity index (χ4n) is 3.95. The van der Waals surface area contributed by atoms with E-state index in [1.165, 1.54) is 12.5 Å². The first-order valence-corrected chi connectivity index (χ1v) is 9.97. The molecule has 10 nitrogen and oxygen atoms in total. The number of anilines is 2. The van der Waals surface area contributed by atoms with Gasteiger partial charge in [0.25, 0.3) is 0 Å². The number of piperidine rings is 1. The van der Waals surface area contributed by atoms with E-state index in [9.17, 15) is 9.59 Å². The van der Waals surface area contributed by atoms with Crippen LogP contribution in [0.4, 0.5) is 11.8 Å². The number of imidazole rings is 1. The van der Waals surface area contributed by atoms with Gasteiger partial charge in [0.15, 0.2) is 5.65 Å². The van der Waals surface area contributed by atoms with Crippen LogP contribution in [0.3, 0.4) is 0 Å². The van der Waals surface area contributed by atoms with Crippen LogP contribution in [0, 0.1) is 5.92 Å². The normalized spacial score (nSPS) is 22.5. The molecular formula is C18H17BrN8O2. The number of rotatable bonds is 4. The van der Waals surface area contributed by atoms with Crippen molar-refractivity contribution in [1.82, 2.24) is 29.4 Å². The molecule has 3 atom stereocenters. The van der Waals surface area contributed by atoms with E-state index in [0.717, 1.165) is 6.42 Å². The zero-order valence-electron chi connectivity index (χ0n) is 15.2. The number of hydrogen-bond donors (Lipinski definition) is 2. The molecule has 3 N–H and O–H groups in total. The van der Waals surface area contributed by atoms with Crippen molar-refractivity contribution in [3.63, 3.8) is 0 Å². The Bertz CT molecular complexity index is 1130. The molecule has 2 aliphatic rings. The molecule has 148 valence electrons. The molecule has 2 fully saturated rings. The minimum atomic E-state index is -0.512. The van der Waals surface area contributed by atoms with Crippen LogP contribution < -0.4 is 11.1 Å². The Morgan fingerprint density at radius 1 is 1.24 bits per heavy atom. The minimum Gasteiger partial charge on any atom is -0.368 e. The number of nitrogens with two attached hydrogens (primary N) is 1. The van der Waals surface area contributed by atoms with Gasteiger partial charge in [-0.15, -0.1) is 0 Å². The molecule has 1 saturated heterocycles. The summed E-state index contributed by atoms with van der Waals surface area (Å²) < 4.78 is 2.27. The van der Waals surface area contributed by atoms with Crippen LogP contribution in [-0.4, -0.2) is 53.3 Å². The van der Waals surface area contributed by atoms with Gasteiger partial charge in [-0.05, 0) is 46.8 Å². The smallest absolute Gasteiger partial charge is 0.248 e. The van der Waals surface area contributed by atoms with Crippen LogP contribution in [0.15, 0.2) is 35.3 Å². The lowest BCUT2D eigenvalue weighted by atomic mass is 10.1. The van der Waals surface area contributed by atoms with Crippen LogP contribution >= 0.6 is 15.9 Å². The van der Waals surface area contributed by atoms with Gasteiger partial charge in [0.05, 0.1) is 12.5 Å². The summed E-state index contributed by atoms with van der Waals surface area (Å²) in [6.45, 7) is 0.0368. The van der Waals surface area contributed by atoms with Gasteiger partial charge in [0.2, 0.25) is 17.8 Å². The molecule has 1 unspecified atom stereocenters. The highest BCUT2D eigenvalue weighted by Gasteiger charge is 2.56. The van der Waals surface area contributed by atoms with Crippen LogP contribution in [0.25, 0.3) is 11.2 Å². The molecule has 0 spiro atoms. The van der Waals surface area contributed by atoms with Crippen molar-refractivity contribution in [2.75, 3.05) is 11.1 Å². The SMILES string of the molecule is Nc1ncc2ncn(CC(=O)N3[C@@H]4CC4C[C@H]3C(=O)Nc3cccc(Br)n3)c2n1. The van der Waals surface area contributed by atoms with Crippen molar-refractivity contribution >= 4 is 50.7 Å². The van der Waals surface area contributed by atoms with Crippen LogP contribution in [0.1, 0.15) is 12.8 Å². The van der Waals surface area contributed by atoms with Gasteiger partial charge >= 0.3 is 0 Å². The summed E-state index contributed by atoms with van der Waals surface area (Å²) in [5.41, 5.74) is 6.72. The molecular weight excluding hydrogens is 440 g/mol. The summed E-state index contributed by atoms with van der Waals surface area (Å²) in [6, 6.07) is 4.89. The third kappa shape index (κ3) is 3.31. The number of carbonyl (C=O) groups excluding carboxylic acids is 2. The van der Waals surface area contributed by atoms with Crippen molar-refractivity contribution in [2.24, 2.45) is 5.92 Å². The third-order valence-corrected chi connectivity index (χ3v) is 5.79. The average Bonchev–Trinajstić information content (AvgIpc) is 3.17. The van der Waals surface area contributed by atoms with Crippen LogP contribution in [0.5, 0.6) is 0 Å². The lowest BCUT2D eigenvalue weighted by Crippen LogP contribution is -2.46. The number of amides is 2. The number of nitrogens with one attached hydrogen (secondary N) is 1.